The minimum absolute atomic E-state index is 0.0828. The fourth-order valence-corrected chi connectivity index (χ4v) is 5.85. The first-order chi connectivity index (χ1) is 18.9. The van der Waals surface area contributed by atoms with Crippen LogP contribution in [0, 0.1) is 0 Å². The molecule has 1 saturated heterocycles. The van der Waals surface area contributed by atoms with Gasteiger partial charge in [-0.3, -0.25) is 9.69 Å². The van der Waals surface area contributed by atoms with Crippen LogP contribution >= 0.6 is 0 Å². The second-order valence-electron chi connectivity index (χ2n) is 10.1. The van der Waals surface area contributed by atoms with Gasteiger partial charge in [0.15, 0.2) is 11.5 Å². The first-order valence-electron chi connectivity index (χ1n) is 13.9. The molecule has 1 fully saturated rings. The van der Waals surface area contributed by atoms with Crippen molar-refractivity contribution < 1.29 is 33.6 Å². The molecule has 9 nitrogen and oxygen atoms in total. The summed E-state index contributed by atoms with van der Waals surface area (Å²) in [6, 6.07) is 12.4. The van der Waals surface area contributed by atoms with Crippen molar-refractivity contribution in [1.82, 2.24) is 9.80 Å². The molecule has 39 heavy (non-hydrogen) atoms. The van der Waals surface area contributed by atoms with Crippen molar-refractivity contribution in [1.29, 1.82) is 0 Å². The summed E-state index contributed by atoms with van der Waals surface area (Å²) >= 11 is 0. The number of carbonyl (C=O) groups excluding carboxylic acids is 1. The van der Waals surface area contributed by atoms with E-state index in [1.54, 1.807) is 7.11 Å². The van der Waals surface area contributed by atoms with E-state index in [9.17, 15) is 14.7 Å². The molecular formula is C30H40N2O7. The summed E-state index contributed by atoms with van der Waals surface area (Å²) in [6.07, 6.45) is 1.13. The first kappa shape index (κ1) is 28.5. The van der Waals surface area contributed by atoms with E-state index in [-0.39, 0.29) is 18.6 Å². The Labute approximate surface area is 230 Å². The highest BCUT2D eigenvalue weighted by Gasteiger charge is 2.50. The zero-order chi connectivity index (χ0) is 27.9. The van der Waals surface area contributed by atoms with Crippen LogP contribution in [0.15, 0.2) is 42.5 Å². The standard InChI is InChI=1S/C30H40N2O7/c1-5-8-24(29(33)31(15-6-2)16-7-3)32-18-23(21-11-14-25-26(17-21)38-19-37-25)28(39-30(34)35)27(32)20-9-12-22(36-4)13-10-20/h9-14,17,23-24,27-28H,5-8,15-16,18-19H2,1-4H3,(H,34,35)/t23-,24-,27+,28+/m1/s1. The van der Waals surface area contributed by atoms with Gasteiger partial charge in [0, 0.05) is 25.6 Å². The molecule has 2 aromatic rings. The predicted octanol–water partition coefficient (Wildman–Crippen LogP) is 5.44. The molecule has 0 unspecified atom stereocenters. The maximum Gasteiger partial charge on any atom is 0.506 e. The smallest absolute Gasteiger partial charge is 0.497 e. The molecule has 0 spiro atoms. The van der Waals surface area contributed by atoms with Gasteiger partial charge in [-0.15, -0.1) is 0 Å². The lowest BCUT2D eigenvalue weighted by molar-refractivity contribution is -0.138. The molecule has 0 aliphatic carbocycles. The highest BCUT2D eigenvalue weighted by Crippen LogP contribution is 2.47. The zero-order valence-corrected chi connectivity index (χ0v) is 23.3. The van der Waals surface area contributed by atoms with Gasteiger partial charge in [0.05, 0.1) is 19.2 Å². The third-order valence-corrected chi connectivity index (χ3v) is 7.54. The number of fused-ring (bicyclic) bond motifs is 1. The van der Waals surface area contributed by atoms with Crippen molar-refractivity contribution in [3.63, 3.8) is 0 Å². The zero-order valence-electron chi connectivity index (χ0n) is 23.3. The summed E-state index contributed by atoms with van der Waals surface area (Å²) in [5.74, 6) is 1.74. The van der Waals surface area contributed by atoms with Crippen LogP contribution in [-0.4, -0.2) is 72.7 Å². The molecule has 2 aliphatic heterocycles. The van der Waals surface area contributed by atoms with Gasteiger partial charge in [-0.2, -0.15) is 0 Å². The lowest BCUT2D eigenvalue weighted by Gasteiger charge is -2.36. The Kier molecular flexibility index (Phi) is 9.56. The Morgan fingerprint density at radius 1 is 1.00 bits per heavy atom. The van der Waals surface area contributed by atoms with E-state index in [4.69, 9.17) is 18.9 Å². The second kappa shape index (κ2) is 13.1. The molecule has 4 rings (SSSR count). The topological polar surface area (TPSA) is 97.8 Å². The molecule has 0 radical (unpaired) electrons. The van der Waals surface area contributed by atoms with Crippen LogP contribution in [0.4, 0.5) is 4.79 Å². The van der Waals surface area contributed by atoms with Crippen molar-refractivity contribution in [2.45, 2.75) is 70.6 Å². The Bertz CT molecular complexity index is 1120. The maximum absolute atomic E-state index is 14.1. The number of rotatable bonds is 12. The molecule has 2 heterocycles. The van der Waals surface area contributed by atoms with Crippen LogP contribution in [0.1, 0.15) is 69.5 Å². The van der Waals surface area contributed by atoms with Gasteiger partial charge in [0.1, 0.15) is 11.9 Å². The van der Waals surface area contributed by atoms with E-state index in [2.05, 4.69) is 25.7 Å². The number of amides is 1. The van der Waals surface area contributed by atoms with Crippen LogP contribution in [0.3, 0.4) is 0 Å². The van der Waals surface area contributed by atoms with E-state index in [0.717, 1.165) is 30.4 Å². The van der Waals surface area contributed by atoms with Crippen LogP contribution in [0.5, 0.6) is 17.2 Å². The molecule has 212 valence electrons. The van der Waals surface area contributed by atoms with Crippen LogP contribution in [0.25, 0.3) is 0 Å². The molecule has 2 aromatic carbocycles. The quantitative estimate of drug-likeness (QED) is 0.355. The van der Waals surface area contributed by atoms with E-state index in [1.165, 1.54) is 0 Å². The summed E-state index contributed by atoms with van der Waals surface area (Å²) in [5.41, 5.74) is 1.75. The minimum atomic E-state index is -1.34. The monoisotopic (exact) mass is 540 g/mol. The third kappa shape index (κ3) is 6.24. The number of nitrogens with zero attached hydrogens (tertiary/aromatic N) is 2. The van der Waals surface area contributed by atoms with Crippen LogP contribution < -0.4 is 14.2 Å². The maximum atomic E-state index is 14.1. The normalized spacial score (nSPS) is 21.0. The lowest BCUT2D eigenvalue weighted by Crippen LogP contribution is -2.49. The van der Waals surface area contributed by atoms with Crippen LogP contribution in [-0.2, 0) is 9.53 Å². The summed E-state index contributed by atoms with van der Waals surface area (Å²) < 4.78 is 22.1. The highest BCUT2D eigenvalue weighted by atomic mass is 16.7. The third-order valence-electron chi connectivity index (χ3n) is 7.54. The Morgan fingerprint density at radius 3 is 2.28 bits per heavy atom. The summed E-state index contributed by atoms with van der Waals surface area (Å²) in [7, 11) is 1.61. The molecule has 0 bridgehead atoms. The average molecular weight is 541 g/mol. The van der Waals surface area contributed by atoms with Crippen molar-refractivity contribution in [3.05, 3.63) is 53.6 Å². The van der Waals surface area contributed by atoms with Gasteiger partial charge in [-0.05, 0) is 54.7 Å². The van der Waals surface area contributed by atoms with Gasteiger partial charge >= 0.3 is 6.16 Å². The number of likely N-dealkylation sites (tertiary alicyclic amines) is 1. The van der Waals surface area contributed by atoms with E-state index in [1.807, 2.05) is 47.4 Å². The molecule has 0 aromatic heterocycles. The molecule has 1 amide bonds. The van der Waals surface area contributed by atoms with Gasteiger partial charge in [0.25, 0.3) is 0 Å². The summed E-state index contributed by atoms with van der Waals surface area (Å²) in [4.78, 5) is 30.2. The van der Waals surface area contributed by atoms with Gasteiger partial charge in [-0.25, -0.2) is 4.79 Å². The predicted molar refractivity (Wildman–Crippen MR) is 147 cm³/mol. The number of benzene rings is 2. The fraction of sp³-hybridized carbons (Fsp3) is 0.533. The Morgan fingerprint density at radius 2 is 1.67 bits per heavy atom. The van der Waals surface area contributed by atoms with Gasteiger partial charge < -0.3 is 29.0 Å². The van der Waals surface area contributed by atoms with Crippen molar-refractivity contribution in [2.75, 3.05) is 33.5 Å². The Balaban J connectivity index is 1.80. The minimum Gasteiger partial charge on any atom is -0.497 e. The van der Waals surface area contributed by atoms with Crippen molar-refractivity contribution >= 4 is 12.1 Å². The van der Waals surface area contributed by atoms with E-state index < -0.39 is 24.3 Å². The summed E-state index contributed by atoms with van der Waals surface area (Å²) in [6.45, 7) is 8.21. The number of hydrogen-bond acceptors (Lipinski definition) is 7. The highest BCUT2D eigenvalue weighted by molar-refractivity contribution is 5.82. The molecule has 9 heteroatoms. The van der Waals surface area contributed by atoms with E-state index >= 15 is 0 Å². The van der Waals surface area contributed by atoms with Crippen molar-refractivity contribution in [3.8, 4) is 17.2 Å². The van der Waals surface area contributed by atoms with Gasteiger partial charge in [-0.1, -0.05) is 45.4 Å². The number of carboxylic acid groups (broad SMARTS) is 1. The fourth-order valence-electron chi connectivity index (χ4n) is 5.85. The number of ether oxygens (including phenoxy) is 4. The SMILES string of the molecule is CCC[C@H](C(=O)N(CCC)CCC)N1C[C@H](c2ccc3c(c2)OCO3)[C@H](OC(=O)O)[C@@H]1c1ccc(OC)cc1. The molecule has 2 aliphatic rings. The number of methoxy groups -OCH3 is 1. The lowest BCUT2D eigenvalue weighted by atomic mass is 9.90. The molecule has 1 N–H and O–H groups in total. The van der Waals surface area contributed by atoms with Crippen LogP contribution in [0.2, 0.25) is 0 Å². The molecular weight excluding hydrogens is 500 g/mol. The average Bonchev–Trinajstić information content (AvgIpc) is 3.55. The molecule has 4 atom stereocenters. The molecule has 0 saturated carbocycles. The number of hydrogen-bond donors (Lipinski definition) is 1. The largest absolute Gasteiger partial charge is 0.506 e. The van der Waals surface area contributed by atoms with Gasteiger partial charge in [0.2, 0.25) is 12.7 Å². The second-order valence-corrected chi connectivity index (χ2v) is 10.1. The Hall–Kier alpha value is -3.46. The van der Waals surface area contributed by atoms with E-state index in [0.29, 0.717) is 43.3 Å². The van der Waals surface area contributed by atoms with Crippen molar-refractivity contribution in [2.24, 2.45) is 0 Å². The first-order valence-corrected chi connectivity index (χ1v) is 13.9. The summed E-state index contributed by atoms with van der Waals surface area (Å²) in [5, 5.41) is 9.83. The number of carbonyl (C=O) groups is 2.